The second-order valence-corrected chi connectivity index (χ2v) is 7.19. The maximum absolute atomic E-state index is 3.64. The van der Waals surface area contributed by atoms with Crippen LogP contribution in [0, 0.1) is 5.41 Å². The van der Waals surface area contributed by atoms with Crippen molar-refractivity contribution >= 4 is 0 Å². The lowest BCUT2D eigenvalue weighted by Gasteiger charge is -2.40. The maximum Gasteiger partial charge on any atom is 0.0117 e. The molecule has 0 bridgehead atoms. The van der Waals surface area contributed by atoms with Crippen molar-refractivity contribution in [2.45, 2.75) is 58.9 Å². The highest BCUT2D eigenvalue weighted by Gasteiger charge is 2.28. The van der Waals surface area contributed by atoms with E-state index in [-0.39, 0.29) is 0 Å². The number of nitrogens with one attached hydrogen (secondary N) is 1. The summed E-state index contributed by atoms with van der Waals surface area (Å²) in [5, 5.41) is 3.64. The third-order valence-corrected chi connectivity index (χ3v) is 4.77. The van der Waals surface area contributed by atoms with Crippen molar-refractivity contribution in [1.82, 2.24) is 15.1 Å². The van der Waals surface area contributed by atoms with Crippen molar-refractivity contribution in [3.8, 4) is 0 Å². The highest BCUT2D eigenvalue weighted by molar-refractivity contribution is 4.84. The van der Waals surface area contributed by atoms with Crippen LogP contribution in [0.1, 0.15) is 52.9 Å². The molecule has 0 aromatic rings. The number of hydrogen-bond donors (Lipinski definition) is 1. The van der Waals surface area contributed by atoms with E-state index in [4.69, 9.17) is 0 Å². The molecule has 0 amide bonds. The summed E-state index contributed by atoms with van der Waals surface area (Å²) in [5.74, 6) is 0. The molecule has 1 atom stereocenters. The molecule has 0 saturated carbocycles. The predicted molar refractivity (Wildman–Crippen MR) is 89.3 cm³/mol. The Labute approximate surface area is 127 Å². The quantitative estimate of drug-likeness (QED) is 0.657. The number of piperidine rings is 1. The Hall–Kier alpha value is -0.120. The van der Waals surface area contributed by atoms with Crippen LogP contribution in [0.15, 0.2) is 0 Å². The third-order valence-electron chi connectivity index (χ3n) is 4.77. The van der Waals surface area contributed by atoms with Crippen molar-refractivity contribution in [3.63, 3.8) is 0 Å². The van der Waals surface area contributed by atoms with Crippen molar-refractivity contribution in [1.29, 1.82) is 0 Å². The first-order valence-corrected chi connectivity index (χ1v) is 8.60. The highest BCUT2D eigenvalue weighted by Crippen LogP contribution is 2.26. The second-order valence-electron chi connectivity index (χ2n) is 7.19. The van der Waals surface area contributed by atoms with E-state index in [2.05, 4.69) is 50.0 Å². The van der Waals surface area contributed by atoms with Crippen LogP contribution in [0.2, 0.25) is 0 Å². The van der Waals surface area contributed by atoms with Gasteiger partial charge in [0.2, 0.25) is 0 Å². The molecule has 1 rings (SSSR count). The Morgan fingerprint density at radius 3 is 2.40 bits per heavy atom. The van der Waals surface area contributed by atoms with Gasteiger partial charge in [0, 0.05) is 19.1 Å². The normalized spacial score (nSPS) is 21.3. The first-order valence-electron chi connectivity index (χ1n) is 8.60. The zero-order chi connectivity index (χ0) is 15.0. The van der Waals surface area contributed by atoms with Crippen LogP contribution in [-0.4, -0.2) is 62.7 Å². The number of nitrogens with zero attached hydrogens (tertiary/aromatic N) is 2. The average molecular weight is 284 g/mol. The molecule has 0 spiro atoms. The zero-order valence-corrected chi connectivity index (χ0v) is 14.5. The largest absolute Gasteiger partial charge is 0.316 e. The van der Waals surface area contributed by atoms with E-state index in [9.17, 15) is 0 Å². The molecule has 1 saturated heterocycles. The molecule has 1 N–H and O–H groups in total. The smallest absolute Gasteiger partial charge is 0.0117 e. The minimum Gasteiger partial charge on any atom is -0.316 e. The van der Waals surface area contributed by atoms with Gasteiger partial charge in [0.05, 0.1) is 0 Å². The lowest BCUT2D eigenvalue weighted by molar-refractivity contribution is 0.0943. The summed E-state index contributed by atoms with van der Waals surface area (Å²) in [6.45, 7) is 13.1. The van der Waals surface area contributed by atoms with E-state index in [0.717, 1.165) is 19.1 Å². The van der Waals surface area contributed by atoms with Gasteiger partial charge in [0.25, 0.3) is 0 Å². The van der Waals surface area contributed by atoms with E-state index >= 15 is 0 Å². The van der Waals surface area contributed by atoms with Gasteiger partial charge >= 0.3 is 0 Å². The topological polar surface area (TPSA) is 18.5 Å². The molecule has 1 aliphatic heterocycles. The van der Waals surface area contributed by atoms with Gasteiger partial charge in [-0.25, -0.2) is 0 Å². The highest BCUT2D eigenvalue weighted by atomic mass is 15.2. The first-order chi connectivity index (χ1) is 9.50. The van der Waals surface area contributed by atoms with Gasteiger partial charge in [-0.2, -0.15) is 0 Å². The molecule has 3 nitrogen and oxygen atoms in total. The Morgan fingerprint density at radius 1 is 1.20 bits per heavy atom. The van der Waals surface area contributed by atoms with E-state index in [1.807, 2.05) is 0 Å². The second kappa shape index (κ2) is 9.01. The summed E-state index contributed by atoms with van der Waals surface area (Å²) in [5.41, 5.74) is 0.419. The zero-order valence-electron chi connectivity index (χ0n) is 14.5. The van der Waals surface area contributed by atoms with E-state index in [1.54, 1.807) is 0 Å². The fourth-order valence-corrected chi connectivity index (χ4v) is 3.56. The van der Waals surface area contributed by atoms with Crippen LogP contribution in [0.25, 0.3) is 0 Å². The summed E-state index contributed by atoms with van der Waals surface area (Å²) in [6, 6.07) is 0.786. The van der Waals surface area contributed by atoms with Gasteiger partial charge < -0.3 is 15.1 Å². The monoisotopic (exact) mass is 283 g/mol. The molecule has 3 heteroatoms. The molecule has 0 radical (unpaired) electrons. The molecule has 20 heavy (non-hydrogen) atoms. The molecule has 120 valence electrons. The molecule has 1 fully saturated rings. The van der Waals surface area contributed by atoms with Crippen LogP contribution in [0.3, 0.4) is 0 Å². The minimum atomic E-state index is 0.419. The molecule has 0 aromatic heterocycles. The van der Waals surface area contributed by atoms with Crippen LogP contribution < -0.4 is 5.32 Å². The fourth-order valence-electron chi connectivity index (χ4n) is 3.56. The third kappa shape index (κ3) is 6.11. The predicted octanol–water partition coefficient (Wildman–Crippen LogP) is 2.82. The Balaban J connectivity index is 2.46. The van der Waals surface area contributed by atoms with Gasteiger partial charge in [0.15, 0.2) is 0 Å². The number of hydrogen-bond acceptors (Lipinski definition) is 3. The summed E-state index contributed by atoms with van der Waals surface area (Å²) < 4.78 is 0. The fraction of sp³-hybridized carbons (Fsp3) is 1.00. The lowest BCUT2D eigenvalue weighted by Crippen LogP contribution is -2.48. The minimum absolute atomic E-state index is 0.419. The standard InChI is InChI=1S/C17H37N3/c1-6-10-17(3,14-18-11-7-2)15-20(5)16-8-12-19(4)13-9-16/h16,18H,6-15H2,1-5H3. The average Bonchev–Trinajstić information content (AvgIpc) is 2.39. The Bertz CT molecular complexity index is 249. The Morgan fingerprint density at radius 2 is 1.85 bits per heavy atom. The van der Waals surface area contributed by atoms with Gasteiger partial charge in [0.1, 0.15) is 0 Å². The van der Waals surface area contributed by atoms with Crippen molar-refractivity contribution in [2.24, 2.45) is 5.41 Å². The number of likely N-dealkylation sites (tertiary alicyclic amines) is 1. The van der Waals surface area contributed by atoms with Crippen molar-refractivity contribution < 1.29 is 0 Å². The van der Waals surface area contributed by atoms with Crippen LogP contribution >= 0.6 is 0 Å². The maximum atomic E-state index is 3.64. The summed E-state index contributed by atoms with van der Waals surface area (Å²) in [4.78, 5) is 5.09. The van der Waals surface area contributed by atoms with Crippen molar-refractivity contribution in [2.75, 3.05) is 46.8 Å². The van der Waals surface area contributed by atoms with Gasteiger partial charge in [-0.15, -0.1) is 0 Å². The van der Waals surface area contributed by atoms with E-state index in [1.165, 1.54) is 51.7 Å². The van der Waals surface area contributed by atoms with Crippen LogP contribution in [0.5, 0.6) is 0 Å². The summed E-state index contributed by atoms with van der Waals surface area (Å²) in [7, 11) is 4.58. The summed E-state index contributed by atoms with van der Waals surface area (Å²) in [6.07, 6.45) is 6.49. The molecule has 1 unspecified atom stereocenters. The molecular formula is C17H37N3. The molecule has 1 heterocycles. The Kier molecular flexibility index (Phi) is 8.08. The van der Waals surface area contributed by atoms with Crippen LogP contribution in [-0.2, 0) is 0 Å². The van der Waals surface area contributed by atoms with E-state index < -0.39 is 0 Å². The van der Waals surface area contributed by atoms with Gasteiger partial charge in [-0.3, -0.25) is 0 Å². The summed E-state index contributed by atoms with van der Waals surface area (Å²) >= 11 is 0. The van der Waals surface area contributed by atoms with Gasteiger partial charge in [-0.05, 0) is 64.8 Å². The van der Waals surface area contributed by atoms with Gasteiger partial charge in [-0.1, -0.05) is 27.2 Å². The van der Waals surface area contributed by atoms with Crippen LogP contribution in [0.4, 0.5) is 0 Å². The SMILES string of the molecule is CCCNCC(C)(CCC)CN(C)C1CCN(C)CC1. The molecule has 0 aliphatic carbocycles. The van der Waals surface area contributed by atoms with Crippen molar-refractivity contribution in [3.05, 3.63) is 0 Å². The van der Waals surface area contributed by atoms with E-state index in [0.29, 0.717) is 5.41 Å². The molecule has 0 aromatic carbocycles. The molecule has 1 aliphatic rings. The lowest BCUT2D eigenvalue weighted by atomic mass is 9.84. The first kappa shape index (κ1) is 17.9. The molecular weight excluding hydrogens is 246 g/mol. The number of rotatable bonds is 9.